The Morgan fingerprint density at radius 3 is 2.50 bits per heavy atom. The molecule has 1 heterocycles. The summed E-state index contributed by atoms with van der Waals surface area (Å²) >= 11 is 6.00. The molecule has 1 aliphatic rings. The van der Waals surface area contributed by atoms with Crippen molar-refractivity contribution in [2.75, 3.05) is 18.4 Å². The van der Waals surface area contributed by atoms with Gasteiger partial charge in [0.15, 0.2) is 0 Å². The Kier molecular flexibility index (Phi) is 5.42. The number of anilines is 1. The number of halogens is 1. The van der Waals surface area contributed by atoms with Crippen LogP contribution in [0.2, 0.25) is 5.02 Å². The third-order valence-electron chi connectivity index (χ3n) is 3.84. The fourth-order valence-electron chi connectivity index (χ4n) is 2.28. The van der Waals surface area contributed by atoms with Crippen LogP contribution in [0.15, 0.2) is 18.2 Å². The summed E-state index contributed by atoms with van der Waals surface area (Å²) in [6, 6.07) is 4.91. The zero-order chi connectivity index (χ0) is 16.3. The number of carbonyl (C=O) groups excluding carboxylic acids is 2. The lowest BCUT2D eigenvalue weighted by Crippen LogP contribution is -2.48. The van der Waals surface area contributed by atoms with Crippen molar-refractivity contribution in [1.82, 2.24) is 10.6 Å². The number of carbonyl (C=O) groups is 2. The molecule has 2 rings (SSSR count). The minimum Gasteiger partial charge on any atom is -0.350 e. The first-order chi connectivity index (χ1) is 10.4. The molecule has 22 heavy (non-hydrogen) atoms. The molecular formula is C16H22ClN3O2. The van der Waals surface area contributed by atoms with E-state index in [0.717, 1.165) is 13.1 Å². The van der Waals surface area contributed by atoms with Gasteiger partial charge in [-0.05, 0) is 51.1 Å². The first-order valence-corrected chi connectivity index (χ1v) is 7.88. The third kappa shape index (κ3) is 3.99. The van der Waals surface area contributed by atoms with E-state index in [4.69, 9.17) is 11.6 Å². The third-order valence-corrected chi connectivity index (χ3v) is 4.07. The first kappa shape index (κ1) is 16.8. The summed E-state index contributed by atoms with van der Waals surface area (Å²) in [5, 5.41) is 9.30. The van der Waals surface area contributed by atoms with Gasteiger partial charge in [-0.25, -0.2) is 0 Å². The lowest BCUT2D eigenvalue weighted by molar-refractivity contribution is -0.121. The second kappa shape index (κ2) is 7.11. The standard InChI is InChI=1S/C16H22ClN3O2/c1-9(2)19-16(22)13-5-4-12(17)6-14(13)20-15(21)10(3)11-7-18-8-11/h4-6,9-11,18H,7-8H2,1-3H3,(H,19,22)(H,20,21). The van der Waals surface area contributed by atoms with Crippen molar-refractivity contribution in [3.05, 3.63) is 28.8 Å². The number of amides is 2. The van der Waals surface area contributed by atoms with Gasteiger partial charge in [0.1, 0.15) is 0 Å². The molecule has 1 unspecified atom stereocenters. The molecule has 0 spiro atoms. The molecule has 0 aliphatic carbocycles. The van der Waals surface area contributed by atoms with Gasteiger partial charge >= 0.3 is 0 Å². The minimum absolute atomic E-state index is 0.0201. The van der Waals surface area contributed by atoms with Crippen LogP contribution in [0.1, 0.15) is 31.1 Å². The maximum absolute atomic E-state index is 12.3. The van der Waals surface area contributed by atoms with Crippen LogP contribution < -0.4 is 16.0 Å². The van der Waals surface area contributed by atoms with E-state index in [1.54, 1.807) is 18.2 Å². The molecule has 0 radical (unpaired) electrons. The van der Waals surface area contributed by atoms with Gasteiger partial charge in [0, 0.05) is 17.0 Å². The van der Waals surface area contributed by atoms with E-state index < -0.39 is 0 Å². The predicted octanol–water partition coefficient (Wildman–Crippen LogP) is 2.27. The predicted molar refractivity (Wildman–Crippen MR) is 88.2 cm³/mol. The molecule has 120 valence electrons. The zero-order valence-electron chi connectivity index (χ0n) is 13.1. The van der Waals surface area contributed by atoms with Crippen molar-refractivity contribution in [2.45, 2.75) is 26.8 Å². The summed E-state index contributed by atoms with van der Waals surface area (Å²) in [6.07, 6.45) is 0. The monoisotopic (exact) mass is 323 g/mol. The molecule has 5 nitrogen and oxygen atoms in total. The average Bonchev–Trinajstić information content (AvgIpc) is 2.35. The van der Waals surface area contributed by atoms with Gasteiger partial charge in [-0.3, -0.25) is 9.59 Å². The van der Waals surface area contributed by atoms with Crippen molar-refractivity contribution in [1.29, 1.82) is 0 Å². The lowest BCUT2D eigenvalue weighted by atomic mass is 9.88. The highest BCUT2D eigenvalue weighted by Gasteiger charge is 2.29. The second-order valence-corrected chi connectivity index (χ2v) is 6.45. The molecule has 1 fully saturated rings. The highest BCUT2D eigenvalue weighted by Crippen LogP contribution is 2.24. The molecule has 1 aromatic rings. The minimum atomic E-state index is -0.222. The van der Waals surface area contributed by atoms with Gasteiger partial charge in [0.25, 0.3) is 5.91 Å². The molecule has 2 amide bonds. The van der Waals surface area contributed by atoms with Crippen molar-refractivity contribution in [2.24, 2.45) is 11.8 Å². The van der Waals surface area contributed by atoms with Crippen LogP contribution >= 0.6 is 11.6 Å². The Bertz CT molecular complexity index is 571. The Hall–Kier alpha value is -1.59. The van der Waals surface area contributed by atoms with Gasteiger partial charge in [0.2, 0.25) is 5.91 Å². The topological polar surface area (TPSA) is 70.2 Å². The summed E-state index contributed by atoms with van der Waals surface area (Å²) in [5.41, 5.74) is 0.875. The van der Waals surface area contributed by atoms with Crippen LogP contribution in [0.4, 0.5) is 5.69 Å². The van der Waals surface area contributed by atoms with Gasteiger partial charge in [-0.2, -0.15) is 0 Å². The largest absolute Gasteiger partial charge is 0.350 e. The number of hydrogen-bond acceptors (Lipinski definition) is 3. The van der Waals surface area contributed by atoms with E-state index in [-0.39, 0.29) is 23.8 Å². The van der Waals surface area contributed by atoms with Crippen molar-refractivity contribution < 1.29 is 9.59 Å². The number of benzene rings is 1. The SMILES string of the molecule is CC(C)NC(=O)c1ccc(Cl)cc1NC(=O)C(C)C1CNC1. The molecule has 6 heteroatoms. The number of nitrogens with one attached hydrogen (secondary N) is 3. The summed E-state index contributed by atoms with van der Waals surface area (Å²) in [4.78, 5) is 24.6. The smallest absolute Gasteiger partial charge is 0.253 e. The molecule has 1 aromatic carbocycles. The highest BCUT2D eigenvalue weighted by molar-refractivity contribution is 6.31. The molecule has 0 aromatic heterocycles. The van der Waals surface area contributed by atoms with E-state index >= 15 is 0 Å². The van der Waals surface area contributed by atoms with Crippen molar-refractivity contribution in [3.8, 4) is 0 Å². The first-order valence-electron chi connectivity index (χ1n) is 7.50. The molecule has 3 N–H and O–H groups in total. The van der Waals surface area contributed by atoms with Crippen molar-refractivity contribution in [3.63, 3.8) is 0 Å². The van der Waals surface area contributed by atoms with E-state index in [1.807, 2.05) is 20.8 Å². The van der Waals surface area contributed by atoms with E-state index in [2.05, 4.69) is 16.0 Å². The lowest BCUT2D eigenvalue weighted by Gasteiger charge is -2.31. The van der Waals surface area contributed by atoms with Gasteiger partial charge in [-0.15, -0.1) is 0 Å². The molecule has 0 bridgehead atoms. The summed E-state index contributed by atoms with van der Waals surface area (Å²) < 4.78 is 0. The van der Waals surface area contributed by atoms with Crippen LogP contribution in [0, 0.1) is 11.8 Å². The maximum Gasteiger partial charge on any atom is 0.253 e. The van der Waals surface area contributed by atoms with Crippen molar-refractivity contribution >= 4 is 29.1 Å². The zero-order valence-corrected chi connectivity index (χ0v) is 13.8. The average molecular weight is 324 g/mol. The number of rotatable bonds is 5. The maximum atomic E-state index is 12.3. The fraction of sp³-hybridized carbons (Fsp3) is 0.500. The second-order valence-electron chi connectivity index (χ2n) is 6.01. The number of hydrogen-bond donors (Lipinski definition) is 3. The van der Waals surface area contributed by atoms with Crippen LogP contribution in [-0.2, 0) is 4.79 Å². The summed E-state index contributed by atoms with van der Waals surface area (Å²) in [6.45, 7) is 7.38. The van der Waals surface area contributed by atoms with Crippen LogP contribution in [0.25, 0.3) is 0 Å². The summed E-state index contributed by atoms with van der Waals surface area (Å²) in [5.74, 6) is -0.0827. The Morgan fingerprint density at radius 2 is 1.95 bits per heavy atom. The molecular weight excluding hydrogens is 302 g/mol. The van der Waals surface area contributed by atoms with Crippen LogP contribution in [0.3, 0.4) is 0 Å². The molecule has 1 saturated heterocycles. The van der Waals surface area contributed by atoms with Gasteiger partial charge < -0.3 is 16.0 Å². The van der Waals surface area contributed by atoms with Gasteiger partial charge in [-0.1, -0.05) is 18.5 Å². The van der Waals surface area contributed by atoms with E-state index in [1.165, 1.54) is 0 Å². The molecule has 0 saturated carbocycles. The summed E-state index contributed by atoms with van der Waals surface area (Å²) in [7, 11) is 0. The van der Waals surface area contributed by atoms with E-state index in [0.29, 0.717) is 22.2 Å². The quantitative estimate of drug-likeness (QED) is 0.778. The fourth-order valence-corrected chi connectivity index (χ4v) is 2.46. The molecule has 1 aliphatic heterocycles. The Balaban J connectivity index is 2.16. The normalized spacial score (nSPS) is 16.0. The Morgan fingerprint density at radius 1 is 1.27 bits per heavy atom. The molecule has 1 atom stereocenters. The van der Waals surface area contributed by atoms with Gasteiger partial charge in [0.05, 0.1) is 11.3 Å². The highest BCUT2D eigenvalue weighted by atomic mass is 35.5. The van der Waals surface area contributed by atoms with Crippen LogP contribution in [-0.4, -0.2) is 30.9 Å². The van der Waals surface area contributed by atoms with E-state index in [9.17, 15) is 9.59 Å². The Labute approximate surface area is 135 Å². The van der Waals surface area contributed by atoms with Crippen LogP contribution in [0.5, 0.6) is 0 Å².